The zero-order chi connectivity index (χ0) is 18.7. The molecule has 8 heteroatoms. The fourth-order valence-electron chi connectivity index (χ4n) is 2.93. The molecule has 0 atom stereocenters. The van der Waals surface area contributed by atoms with Crippen molar-refractivity contribution in [2.45, 2.75) is 6.42 Å². The molecule has 26 heavy (non-hydrogen) atoms. The summed E-state index contributed by atoms with van der Waals surface area (Å²) in [5.41, 5.74) is 0.783. The Morgan fingerprint density at radius 2 is 2.04 bits per heavy atom. The zero-order valence-electron chi connectivity index (χ0n) is 14.5. The number of halogens is 1. The van der Waals surface area contributed by atoms with Gasteiger partial charge in [-0.05, 0) is 17.7 Å². The van der Waals surface area contributed by atoms with Crippen LogP contribution in [0.5, 0.6) is 0 Å². The van der Waals surface area contributed by atoms with Crippen LogP contribution in [0, 0.1) is 0 Å². The third kappa shape index (κ3) is 4.46. The number of likely N-dealkylation sites (N-methyl/N-ethyl adjacent to an activating group) is 1. The standard InChI is InChI=1S/C18H20ClN3O2S2/c1-20-8-10-21(11-9-20)16(23)6-7-22-17(24)15(26-18(22)25)12-13-4-2-3-5-14(13)19/h2-5,12H,6-11H2,1H3/p+1/b15-12-. The number of carbonyl (C=O) groups is 2. The lowest BCUT2D eigenvalue weighted by Gasteiger charge is -2.30. The summed E-state index contributed by atoms with van der Waals surface area (Å²) >= 11 is 12.7. The molecule has 2 aliphatic rings. The number of rotatable bonds is 4. The van der Waals surface area contributed by atoms with Gasteiger partial charge in [0.05, 0.1) is 38.1 Å². The number of piperazine rings is 1. The topological polar surface area (TPSA) is 45.1 Å². The number of thioether (sulfide) groups is 1. The molecule has 2 saturated heterocycles. The third-order valence-electron chi connectivity index (χ3n) is 4.58. The van der Waals surface area contributed by atoms with Crippen LogP contribution < -0.4 is 4.90 Å². The van der Waals surface area contributed by atoms with Gasteiger partial charge in [0.2, 0.25) is 5.91 Å². The molecule has 2 fully saturated rings. The van der Waals surface area contributed by atoms with Crippen LogP contribution in [0.4, 0.5) is 0 Å². The fraction of sp³-hybridized carbons (Fsp3) is 0.389. The molecule has 3 rings (SSSR count). The number of carbonyl (C=O) groups excluding carboxylic acids is 2. The Labute approximate surface area is 167 Å². The molecule has 0 aromatic heterocycles. The quantitative estimate of drug-likeness (QED) is 0.600. The van der Waals surface area contributed by atoms with E-state index >= 15 is 0 Å². The van der Waals surface area contributed by atoms with Crippen molar-refractivity contribution in [3.63, 3.8) is 0 Å². The summed E-state index contributed by atoms with van der Waals surface area (Å²) in [6.07, 6.45) is 2.05. The van der Waals surface area contributed by atoms with Crippen LogP contribution in [0.15, 0.2) is 29.2 Å². The van der Waals surface area contributed by atoms with Crippen LogP contribution in [0.25, 0.3) is 6.08 Å². The van der Waals surface area contributed by atoms with Gasteiger partial charge in [-0.3, -0.25) is 14.5 Å². The number of quaternary nitrogens is 1. The predicted molar refractivity (Wildman–Crippen MR) is 109 cm³/mol. The summed E-state index contributed by atoms with van der Waals surface area (Å²) in [5, 5.41) is 0.588. The zero-order valence-corrected chi connectivity index (χ0v) is 16.9. The van der Waals surface area contributed by atoms with Gasteiger partial charge in [-0.2, -0.15) is 0 Å². The monoisotopic (exact) mass is 410 g/mol. The second-order valence-corrected chi connectivity index (χ2v) is 8.53. The van der Waals surface area contributed by atoms with Gasteiger partial charge in [-0.15, -0.1) is 0 Å². The third-order valence-corrected chi connectivity index (χ3v) is 6.31. The molecule has 5 nitrogen and oxygen atoms in total. The minimum atomic E-state index is -0.157. The van der Waals surface area contributed by atoms with Crippen molar-refractivity contribution < 1.29 is 14.5 Å². The summed E-state index contributed by atoms with van der Waals surface area (Å²) < 4.78 is 0.490. The number of hydrogen-bond acceptors (Lipinski definition) is 4. The first-order valence-electron chi connectivity index (χ1n) is 8.54. The minimum absolute atomic E-state index is 0.0848. The highest BCUT2D eigenvalue weighted by atomic mass is 35.5. The lowest BCUT2D eigenvalue weighted by molar-refractivity contribution is -0.883. The lowest BCUT2D eigenvalue weighted by Crippen LogP contribution is -3.12. The SMILES string of the molecule is C[NH+]1CCN(C(=O)CCN2C(=O)/C(=C/c3ccccc3Cl)SC2=S)CC1. The van der Waals surface area contributed by atoms with Crippen LogP contribution >= 0.6 is 35.6 Å². The largest absolute Gasteiger partial charge is 0.334 e. The first kappa shape index (κ1) is 19.4. The molecule has 0 spiro atoms. The summed E-state index contributed by atoms with van der Waals surface area (Å²) in [6.45, 7) is 3.80. The molecule has 0 radical (unpaired) electrons. The molecule has 1 aromatic carbocycles. The van der Waals surface area contributed by atoms with Crippen molar-refractivity contribution >= 4 is 57.8 Å². The second-order valence-electron chi connectivity index (χ2n) is 6.44. The van der Waals surface area contributed by atoms with Crippen LogP contribution in [0.3, 0.4) is 0 Å². The highest BCUT2D eigenvalue weighted by Crippen LogP contribution is 2.33. The molecule has 0 unspecified atom stereocenters. The van der Waals surface area contributed by atoms with Crippen molar-refractivity contribution in [1.82, 2.24) is 9.80 Å². The summed E-state index contributed by atoms with van der Waals surface area (Å²) in [5.74, 6) is -0.0721. The molecule has 0 saturated carbocycles. The Hall–Kier alpha value is -1.41. The Morgan fingerprint density at radius 3 is 2.73 bits per heavy atom. The maximum absolute atomic E-state index is 12.6. The second kappa shape index (κ2) is 8.52. The van der Waals surface area contributed by atoms with Crippen molar-refractivity contribution in [1.29, 1.82) is 0 Å². The highest BCUT2D eigenvalue weighted by molar-refractivity contribution is 8.26. The Kier molecular flexibility index (Phi) is 6.34. The molecule has 2 heterocycles. The van der Waals surface area contributed by atoms with Gasteiger partial charge in [0, 0.05) is 18.0 Å². The number of nitrogens with one attached hydrogen (secondary N) is 1. The van der Waals surface area contributed by atoms with E-state index in [4.69, 9.17) is 23.8 Å². The number of thiocarbonyl (C=S) groups is 1. The summed E-state index contributed by atoms with van der Waals surface area (Å²) in [6, 6.07) is 7.35. The molecule has 2 aliphatic heterocycles. The molecule has 1 aromatic rings. The molecule has 0 aliphatic carbocycles. The average molecular weight is 411 g/mol. The van der Waals surface area contributed by atoms with E-state index in [-0.39, 0.29) is 11.8 Å². The van der Waals surface area contributed by atoms with E-state index in [0.717, 1.165) is 31.7 Å². The maximum atomic E-state index is 12.6. The normalized spacial score (nSPS) is 20.3. The van der Waals surface area contributed by atoms with Crippen molar-refractivity contribution in [2.75, 3.05) is 39.8 Å². The van der Waals surface area contributed by atoms with Crippen LogP contribution in [-0.4, -0.2) is 65.7 Å². The fourth-order valence-corrected chi connectivity index (χ4v) is 4.42. The number of hydrogen-bond donors (Lipinski definition) is 1. The minimum Gasteiger partial charge on any atom is -0.334 e. The van der Waals surface area contributed by atoms with E-state index in [1.54, 1.807) is 12.1 Å². The average Bonchev–Trinajstić information content (AvgIpc) is 2.89. The highest BCUT2D eigenvalue weighted by Gasteiger charge is 2.33. The first-order chi connectivity index (χ1) is 12.5. The van der Waals surface area contributed by atoms with Gasteiger partial charge in [-0.1, -0.05) is 53.8 Å². The van der Waals surface area contributed by atoms with Gasteiger partial charge < -0.3 is 9.80 Å². The van der Waals surface area contributed by atoms with Crippen molar-refractivity contribution in [3.8, 4) is 0 Å². The van der Waals surface area contributed by atoms with E-state index in [2.05, 4.69) is 7.05 Å². The Balaban J connectivity index is 1.61. The van der Waals surface area contributed by atoms with Crippen LogP contribution in [0.2, 0.25) is 5.02 Å². The summed E-state index contributed by atoms with van der Waals surface area (Å²) in [7, 11) is 2.13. The van der Waals surface area contributed by atoms with Gasteiger partial charge in [-0.25, -0.2) is 0 Å². The van der Waals surface area contributed by atoms with Crippen molar-refractivity contribution in [3.05, 3.63) is 39.8 Å². The van der Waals surface area contributed by atoms with Crippen LogP contribution in [-0.2, 0) is 9.59 Å². The molecule has 2 amide bonds. The van der Waals surface area contributed by atoms with E-state index < -0.39 is 0 Å². The Bertz CT molecular complexity index is 761. The number of nitrogens with zero attached hydrogens (tertiary/aromatic N) is 2. The molecule has 1 N–H and O–H groups in total. The summed E-state index contributed by atoms with van der Waals surface area (Å²) in [4.78, 5) is 30.4. The van der Waals surface area contributed by atoms with Gasteiger partial charge in [0.25, 0.3) is 5.91 Å². The smallest absolute Gasteiger partial charge is 0.266 e. The van der Waals surface area contributed by atoms with Crippen LogP contribution in [0.1, 0.15) is 12.0 Å². The van der Waals surface area contributed by atoms with Crippen molar-refractivity contribution in [2.24, 2.45) is 0 Å². The van der Waals surface area contributed by atoms with E-state index in [1.807, 2.05) is 23.1 Å². The molecular formula is C18H21ClN3O2S2+. The molecule has 0 bridgehead atoms. The van der Waals surface area contributed by atoms with Gasteiger partial charge in [0.15, 0.2) is 0 Å². The maximum Gasteiger partial charge on any atom is 0.266 e. The van der Waals surface area contributed by atoms with Gasteiger partial charge >= 0.3 is 0 Å². The van der Waals surface area contributed by atoms with E-state index in [9.17, 15) is 9.59 Å². The predicted octanol–water partition coefficient (Wildman–Crippen LogP) is 1.29. The first-order valence-corrected chi connectivity index (χ1v) is 10.1. The Morgan fingerprint density at radius 1 is 1.35 bits per heavy atom. The van der Waals surface area contributed by atoms with Gasteiger partial charge in [0.1, 0.15) is 4.32 Å². The van der Waals surface area contributed by atoms with E-state index in [1.165, 1.54) is 21.6 Å². The number of benzene rings is 1. The molecule has 138 valence electrons. The lowest BCUT2D eigenvalue weighted by atomic mass is 10.2. The molecular weight excluding hydrogens is 390 g/mol. The number of amides is 2. The van der Waals surface area contributed by atoms with E-state index in [0.29, 0.717) is 27.2 Å².